The van der Waals surface area contributed by atoms with Crippen molar-refractivity contribution in [2.75, 3.05) is 19.5 Å². The van der Waals surface area contributed by atoms with Crippen molar-refractivity contribution in [2.24, 2.45) is 0 Å². The number of para-hydroxylation sites is 1. The Morgan fingerprint density at radius 2 is 1.96 bits per heavy atom. The molecule has 136 valence electrons. The van der Waals surface area contributed by atoms with Crippen molar-refractivity contribution in [3.8, 4) is 0 Å². The summed E-state index contributed by atoms with van der Waals surface area (Å²) in [7, 11) is 2.55. The predicted octanol–water partition coefficient (Wildman–Crippen LogP) is 2.39. The first-order chi connectivity index (χ1) is 12.6. The molecule has 0 spiro atoms. The molecule has 2 aliphatic rings. The van der Waals surface area contributed by atoms with Crippen LogP contribution in [0, 0.1) is 0 Å². The minimum Gasteiger partial charge on any atom is -0.466 e. The lowest BCUT2D eigenvalue weighted by Crippen LogP contribution is -2.48. The zero-order valence-corrected chi connectivity index (χ0v) is 14.7. The molecule has 3 atom stereocenters. The van der Waals surface area contributed by atoms with Gasteiger partial charge >= 0.3 is 11.9 Å². The number of hydrogen-bond acceptors (Lipinski definition) is 6. The van der Waals surface area contributed by atoms with E-state index in [1.807, 2.05) is 30.3 Å². The predicted molar refractivity (Wildman–Crippen MR) is 96.5 cm³/mol. The number of nitrogens with one attached hydrogen (secondary N) is 1. The highest BCUT2D eigenvalue weighted by molar-refractivity contribution is 6.05. The summed E-state index contributed by atoms with van der Waals surface area (Å²) in [4.78, 5) is 24.8. The van der Waals surface area contributed by atoms with Crippen molar-refractivity contribution in [2.45, 2.75) is 24.2 Å². The summed E-state index contributed by atoms with van der Waals surface area (Å²) in [6.45, 7) is 3.81. The number of fused-ring (bicyclic) bond motifs is 2. The Labute approximate surface area is 152 Å². The van der Waals surface area contributed by atoms with Crippen LogP contribution in [0.3, 0.4) is 0 Å². The quantitative estimate of drug-likeness (QED) is 0.598. The Morgan fingerprint density at radius 3 is 2.58 bits per heavy atom. The van der Waals surface area contributed by atoms with Gasteiger partial charge in [-0.15, -0.1) is 6.58 Å². The second-order valence-corrected chi connectivity index (χ2v) is 6.05. The van der Waals surface area contributed by atoms with Crippen molar-refractivity contribution >= 4 is 17.6 Å². The molecular formula is C20H21NO5. The van der Waals surface area contributed by atoms with Crippen LogP contribution in [0.15, 0.2) is 66.3 Å². The van der Waals surface area contributed by atoms with E-state index in [0.29, 0.717) is 6.42 Å². The van der Waals surface area contributed by atoms with Gasteiger partial charge in [0.25, 0.3) is 0 Å². The number of anilines is 1. The molecule has 0 aromatic heterocycles. The minimum absolute atomic E-state index is 0.176. The fourth-order valence-corrected chi connectivity index (χ4v) is 3.48. The van der Waals surface area contributed by atoms with E-state index in [1.165, 1.54) is 14.2 Å². The average Bonchev–Trinajstić information content (AvgIpc) is 3.25. The first-order valence-corrected chi connectivity index (χ1v) is 8.28. The van der Waals surface area contributed by atoms with Gasteiger partial charge in [-0.05, 0) is 24.6 Å². The van der Waals surface area contributed by atoms with Gasteiger partial charge in [0, 0.05) is 5.69 Å². The zero-order chi connectivity index (χ0) is 18.7. The molecule has 2 heterocycles. The maximum atomic E-state index is 12.5. The van der Waals surface area contributed by atoms with Crippen LogP contribution in [-0.4, -0.2) is 43.9 Å². The van der Waals surface area contributed by atoms with Gasteiger partial charge in [-0.3, -0.25) is 0 Å². The highest BCUT2D eigenvalue weighted by Gasteiger charge is 2.58. The topological polar surface area (TPSA) is 73.9 Å². The van der Waals surface area contributed by atoms with Crippen LogP contribution in [0.4, 0.5) is 5.69 Å². The van der Waals surface area contributed by atoms with Gasteiger partial charge in [-0.1, -0.05) is 30.4 Å². The monoisotopic (exact) mass is 355 g/mol. The molecule has 0 aliphatic carbocycles. The molecule has 26 heavy (non-hydrogen) atoms. The molecule has 0 unspecified atom stereocenters. The van der Waals surface area contributed by atoms with E-state index in [0.717, 1.165) is 5.69 Å². The molecule has 1 N–H and O–H groups in total. The average molecular weight is 355 g/mol. The fraction of sp³-hybridized carbons (Fsp3) is 0.300. The van der Waals surface area contributed by atoms with Crippen molar-refractivity contribution in [1.82, 2.24) is 0 Å². The maximum absolute atomic E-state index is 12.5. The number of benzene rings is 1. The third-order valence-electron chi connectivity index (χ3n) is 4.61. The Balaban J connectivity index is 2.07. The van der Waals surface area contributed by atoms with E-state index in [2.05, 4.69) is 11.9 Å². The van der Waals surface area contributed by atoms with E-state index in [9.17, 15) is 9.59 Å². The van der Waals surface area contributed by atoms with Crippen molar-refractivity contribution in [3.05, 3.63) is 66.3 Å². The summed E-state index contributed by atoms with van der Waals surface area (Å²) in [5.41, 5.74) is 0.0935. The minimum atomic E-state index is -1.13. The highest BCUT2D eigenvalue weighted by atomic mass is 16.6. The van der Waals surface area contributed by atoms with Crippen LogP contribution < -0.4 is 5.32 Å². The van der Waals surface area contributed by atoms with Crippen LogP contribution in [0.25, 0.3) is 0 Å². The second-order valence-electron chi connectivity index (χ2n) is 6.05. The largest absolute Gasteiger partial charge is 0.466 e. The van der Waals surface area contributed by atoms with E-state index >= 15 is 0 Å². The molecule has 1 aromatic rings. The van der Waals surface area contributed by atoms with Crippen LogP contribution in [0.1, 0.15) is 6.42 Å². The molecule has 3 rings (SSSR count). The zero-order valence-electron chi connectivity index (χ0n) is 14.7. The molecule has 0 amide bonds. The molecule has 2 bridgehead atoms. The Bertz CT molecular complexity index is 783. The van der Waals surface area contributed by atoms with Crippen molar-refractivity contribution < 1.29 is 23.8 Å². The van der Waals surface area contributed by atoms with Gasteiger partial charge in [0.05, 0.1) is 31.4 Å². The van der Waals surface area contributed by atoms with Gasteiger partial charge < -0.3 is 19.5 Å². The smallest absolute Gasteiger partial charge is 0.337 e. The summed E-state index contributed by atoms with van der Waals surface area (Å²) in [5.74, 6) is -1.21. The number of carbonyl (C=O) groups excluding carboxylic acids is 2. The summed E-state index contributed by atoms with van der Waals surface area (Å²) in [5, 5.41) is 3.39. The van der Waals surface area contributed by atoms with Crippen molar-refractivity contribution in [1.29, 1.82) is 0 Å². The molecule has 1 aromatic carbocycles. The van der Waals surface area contributed by atoms with Gasteiger partial charge in [0.1, 0.15) is 11.7 Å². The van der Waals surface area contributed by atoms with E-state index in [1.54, 1.807) is 18.2 Å². The number of carbonyl (C=O) groups is 2. The first kappa shape index (κ1) is 17.9. The lowest BCUT2D eigenvalue weighted by molar-refractivity contribution is -0.139. The standard InChI is InChI=1S/C20H21NO5/c1-4-8-15(21-13-9-6-5-7-10-13)20-12-11-14(26-20)16(18(22)24-2)17(20)19(23)25-3/h4-7,9-12,14-15,21H,1,8H2,2-3H3/t14-,15-,20-/m1/s1. The summed E-state index contributed by atoms with van der Waals surface area (Å²) in [6.07, 6.45) is 5.18. The second kappa shape index (κ2) is 7.17. The van der Waals surface area contributed by atoms with E-state index in [4.69, 9.17) is 14.2 Å². The molecule has 0 radical (unpaired) electrons. The fourth-order valence-electron chi connectivity index (χ4n) is 3.48. The number of ether oxygens (including phenoxy) is 3. The number of methoxy groups -OCH3 is 2. The third kappa shape index (κ3) is 2.82. The molecule has 0 fully saturated rings. The molecular weight excluding hydrogens is 334 g/mol. The van der Waals surface area contributed by atoms with Gasteiger partial charge in [-0.25, -0.2) is 9.59 Å². The third-order valence-corrected chi connectivity index (χ3v) is 4.61. The summed E-state index contributed by atoms with van der Waals surface area (Å²) < 4.78 is 15.9. The van der Waals surface area contributed by atoms with Crippen LogP contribution in [0.5, 0.6) is 0 Å². The SMILES string of the molecule is C=CC[C@@H](Nc1ccccc1)[C@@]12C=C[C@@H](O1)C(C(=O)OC)=C2C(=O)OC. The first-order valence-electron chi connectivity index (χ1n) is 8.28. The number of esters is 2. The van der Waals surface area contributed by atoms with Crippen LogP contribution in [-0.2, 0) is 23.8 Å². The number of hydrogen-bond donors (Lipinski definition) is 1. The lowest BCUT2D eigenvalue weighted by atomic mass is 9.80. The molecule has 0 saturated heterocycles. The van der Waals surface area contributed by atoms with Crippen LogP contribution >= 0.6 is 0 Å². The van der Waals surface area contributed by atoms with E-state index in [-0.39, 0.29) is 17.2 Å². The Hall–Kier alpha value is -2.86. The van der Waals surface area contributed by atoms with Gasteiger partial charge in [0.15, 0.2) is 0 Å². The highest BCUT2D eigenvalue weighted by Crippen LogP contribution is 2.47. The molecule has 6 nitrogen and oxygen atoms in total. The van der Waals surface area contributed by atoms with Crippen LogP contribution in [0.2, 0.25) is 0 Å². The Morgan fingerprint density at radius 1 is 1.27 bits per heavy atom. The molecule has 2 aliphatic heterocycles. The Kier molecular flexibility index (Phi) is 4.95. The summed E-state index contributed by atoms with van der Waals surface area (Å²) in [6, 6.07) is 9.20. The van der Waals surface area contributed by atoms with Crippen molar-refractivity contribution in [3.63, 3.8) is 0 Å². The maximum Gasteiger partial charge on any atom is 0.337 e. The normalized spacial score (nSPS) is 24.3. The lowest BCUT2D eigenvalue weighted by Gasteiger charge is -2.35. The molecule has 0 saturated carbocycles. The van der Waals surface area contributed by atoms with E-state index < -0.39 is 23.6 Å². The van der Waals surface area contributed by atoms with Gasteiger partial charge in [-0.2, -0.15) is 0 Å². The number of rotatable bonds is 7. The summed E-state index contributed by atoms with van der Waals surface area (Å²) >= 11 is 0. The van der Waals surface area contributed by atoms with Gasteiger partial charge in [0.2, 0.25) is 0 Å². The molecule has 6 heteroatoms.